The summed E-state index contributed by atoms with van der Waals surface area (Å²) in [7, 11) is 0. The Labute approximate surface area is 192 Å². The van der Waals surface area contributed by atoms with E-state index in [1.807, 2.05) is 35.0 Å². The smallest absolute Gasteiger partial charge is 0.156 e. The van der Waals surface area contributed by atoms with Crippen molar-refractivity contribution in [2.45, 2.75) is 19.3 Å². The number of ether oxygens (including phenoxy) is 1. The van der Waals surface area contributed by atoms with Crippen LogP contribution < -0.4 is 4.74 Å². The average molecular weight is 438 g/mol. The van der Waals surface area contributed by atoms with Crippen molar-refractivity contribution in [1.29, 1.82) is 0 Å². The standard InChI is InChI=1S/C27H27N5O/c1-2-15-31(14-1)16-17-33-23-9-6-20(7-10-23)18-26-29-27-5-3-4-25(32(27)30-26)22-8-11-24-21(19-22)12-13-28-24/h3-13,19,28H,1-2,14-18H2. The highest BCUT2D eigenvalue weighted by molar-refractivity contribution is 5.84. The maximum absolute atomic E-state index is 5.93. The maximum atomic E-state index is 5.93. The number of fused-ring (bicyclic) bond motifs is 2. The van der Waals surface area contributed by atoms with Gasteiger partial charge in [-0.3, -0.25) is 4.90 Å². The zero-order valence-electron chi connectivity index (χ0n) is 18.6. The summed E-state index contributed by atoms with van der Waals surface area (Å²) in [5.41, 5.74) is 5.33. The van der Waals surface area contributed by atoms with E-state index < -0.39 is 0 Å². The number of pyridine rings is 1. The largest absolute Gasteiger partial charge is 0.492 e. The second kappa shape index (κ2) is 8.71. The molecule has 0 bridgehead atoms. The van der Waals surface area contributed by atoms with Gasteiger partial charge in [-0.25, -0.2) is 9.50 Å². The molecule has 0 spiro atoms. The van der Waals surface area contributed by atoms with Crippen LogP contribution in [0.1, 0.15) is 24.2 Å². The molecule has 2 aromatic carbocycles. The van der Waals surface area contributed by atoms with Crippen LogP contribution in [0, 0.1) is 0 Å². The SMILES string of the molecule is c1cc(-c2ccc3[nH]ccc3c2)n2nc(Cc3ccc(OCCN4CCCC4)cc3)nc2c1. The average Bonchev–Trinajstić information content (AvgIpc) is 3.60. The third-order valence-electron chi connectivity index (χ3n) is 6.41. The van der Waals surface area contributed by atoms with Gasteiger partial charge in [-0.05, 0) is 74.0 Å². The first-order valence-corrected chi connectivity index (χ1v) is 11.7. The highest BCUT2D eigenvalue weighted by Crippen LogP contribution is 2.25. The number of H-pyrrole nitrogens is 1. The molecule has 0 amide bonds. The van der Waals surface area contributed by atoms with Crippen molar-refractivity contribution in [3.8, 4) is 17.0 Å². The van der Waals surface area contributed by atoms with Crippen molar-refractivity contribution < 1.29 is 4.74 Å². The number of hydrogen-bond donors (Lipinski definition) is 1. The van der Waals surface area contributed by atoms with Crippen molar-refractivity contribution >= 4 is 16.6 Å². The van der Waals surface area contributed by atoms with E-state index in [1.165, 1.54) is 36.9 Å². The summed E-state index contributed by atoms with van der Waals surface area (Å²) in [6.45, 7) is 4.16. The van der Waals surface area contributed by atoms with Gasteiger partial charge >= 0.3 is 0 Å². The molecule has 6 nitrogen and oxygen atoms in total. The number of benzene rings is 2. The molecule has 0 atom stereocenters. The molecule has 0 aliphatic carbocycles. The number of nitrogens with one attached hydrogen (secondary N) is 1. The minimum Gasteiger partial charge on any atom is -0.492 e. The van der Waals surface area contributed by atoms with E-state index in [-0.39, 0.29) is 0 Å². The molecule has 5 aromatic rings. The Morgan fingerprint density at radius 3 is 2.70 bits per heavy atom. The molecule has 4 heterocycles. The van der Waals surface area contributed by atoms with Crippen molar-refractivity contribution in [2.24, 2.45) is 0 Å². The van der Waals surface area contributed by atoms with Crippen LogP contribution in [0.4, 0.5) is 0 Å². The van der Waals surface area contributed by atoms with Crippen LogP contribution in [-0.4, -0.2) is 50.7 Å². The fourth-order valence-corrected chi connectivity index (χ4v) is 4.64. The van der Waals surface area contributed by atoms with Crippen molar-refractivity contribution in [1.82, 2.24) is 24.5 Å². The topological polar surface area (TPSA) is 58.5 Å². The quantitative estimate of drug-likeness (QED) is 0.392. The van der Waals surface area contributed by atoms with E-state index >= 15 is 0 Å². The van der Waals surface area contributed by atoms with Crippen molar-refractivity contribution in [3.05, 3.63) is 84.3 Å². The predicted molar refractivity (Wildman–Crippen MR) is 131 cm³/mol. The number of hydrogen-bond acceptors (Lipinski definition) is 4. The number of aromatic amines is 1. The molecule has 0 radical (unpaired) electrons. The zero-order valence-corrected chi connectivity index (χ0v) is 18.6. The molecular formula is C27H27N5O. The summed E-state index contributed by atoms with van der Waals surface area (Å²) >= 11 is 0. The lowest BCUT2D eigenvalue weighted by atomic mass is 10.1. The highest BCUT2D eigenvalue weighted by atomic mass is 16.5. The summed E-state index contributed by atoms with van der Waals surface area (Å²) in [6.07, 6.45) is 5.28. The summed E-state index contributed by atoms with van der Waals surface area (Å²) < 4.78 is 7.87. The van der Waals surface area contributed by atoms with E-state index in [4.69, 9.17) is 14.8 Å². The van der Waals surface area contributed by atoms with Crippen molar-refractivity contribution in [3.63, 3.8) is 0 Å². The number of nitrogens with zero attached hydrogens (tertiary/aromatic N) is 4. The van der Waals surface area contributed by atoms with Crippen LogP contribution in [0.3, 0.4) is 0 Å². The lowest BCUT2D eigenvalue weighted by Gasteiger charge is -2.14. The van der Waals surface area contributed by atoms with Gasteiger partial charge in [0.25, 0.3) is 0 Å². The van der Waals surface area contributed by atoms with Crippen LogP contribution in [0.5, 0.6) is 5.75 Å². The second-order valence-corrected chi connectivity index (χ2v) is 8.71. The monoisotopic (exact) mass is 437 g/mol. The minimum atomic E-state index is 0.687. The summed E-state index contributed by atoms with van der Waals surface area (Å²) in [5, 5.41) is 6.02. The van der Waals surface area contributed by atoms with Gasteiger partial charge in [-0.15, -0.1) is 0 Å². The highest BCUT2D eigenvalue weighted by Gasteiger charge is 2.12. The number of likely N-dealkylation sites (tertiary alicyclic amines) is 1. The Morgan fingerprint density at radius 2 is 1.82 bits per heavy atom. The van der Waals surface area contributed by atoms with Crippen LogP contribution in [0.25, 0.3) is 27.8 Å². The fraction of sp³-hybridized carbons (Fsp3) is 0.259. The maximum Gasteiger partial charge on any atom is 0.156 e. The molecule has 166 valence electrons. The molecule has 1 aliphatic rings. The minimum absolute atomic E-state index is 0.687. The summed E-state index contributed by atoms with van der Waals surface area (Å²) in [5.74, 6) is 1.73. The van der Waals surface area contributed by atoms with Gasteiger partial charge in [0.15, 0.2) is 11.5 Å². The van der Waals surface area contributed by atoms with Crippen LogP contribution in [0.2, 0.25) is 0 Å². The number of rotatable bonds is 7. The molecule has 33 heavy (non-hydrogen) atoms. The van der Waals surface area contributed by atoms with Crippen molar-refractivity contribution in [2.75, 3.05) is 26.2 Å². The van der Waals surface area contributed by atoms with Gasteiger partial charge in [0.05, 0.1) is 5.69 Å². The van der Waals surface area contributed by atoms with E-state index in [0.717, 1.165) is 47.1 Å². The van der Waals surface area contributed by atoms with Gasteiger partial charge in [0.2, 0.25) is 0 Å². The Morgan fingerprint density at radius 1 is 0.939 bits per heavy atom. The Balaban J connectivity index is 1.17. The molecule has 0 saturated carbocycles. The molecule has 6 heteroatoms. The van der Waals surface area contributed by atoms with Gasteiger partial charge in [0.1, 0.15) is 12.4 Å². The molecule has 6 rings (SSSR count). The molecule has 0 unspecified atom stereocenters. The predicted octanol–water partition coefficient (Wildman–Crippen LogP) is 4.94. The molecule has 1 saturated heterocycles. The van der Waals surface area contributed by atoms with Crippen LogP contribution >= 0.6 is 0 Å². The van der Waals surface area contributed by atoms with E-state index in [2.05, 4.69) is 52.3 Å². The summed E-state index contributed by atoms with van der Waals surface area (Å²) in [6, 6.07) is 23.0. The van der Waals surface area contributed by atoms with Crippen LogP contribution in [0.15, 0.2) is 72.9 Å². The van der Waals surface area contributed by atoms with E-state index in [0.29, 0.717) is 6.42 Å². The number of aromatic nitrogens is 4. The molecule has 3 aromatic heterocycles. The lowest BCUT2D eigenvalue weighted by molar-refractivity contribution is 0.238. The lowest BCUT2D eigenvalue weighted by Crippen LogP contribution is -2.25. The van der Waals surface area contributed by atoms with E-state index in [1.54, 1.807) is 0 Å². The molecule has 1 aliphatic heterocycles. The fourth-order valence-electron chi connectivity index (χ4n) is 4.64. The second-order valence-electron chi connectivity index (χ2n) is 8.71. The molecule has 1 N–H and O–H groups in total. The molecular weight excluding hydrogens is 410 g/mol. The Hall–Kier alpha value is -3.64. The zero-order chi connectivity index (χ0) is 22.0. The first-order chi connectivity index (χ1) is 16.3. The Bertz CT molecular complexity index is 1380. The van der Waals surface area contributed by atoms with Gasteiger partial charge in [-0.1, -0.05) is 24.3 Å². The first-order valence-electron chi connectivity index (χ1n) is 11.7. The summed E-state index contributed by atoms with van der Waals surface area (Å²) in [4.78, 5) is 10.5. The van der Waals surface area contributed by atoms with Crippen LogP contribution in [-0.2, 0) is 6.42 Å². The van der Waals surface area contributed by atoms with Gasteiger partial charge in [0, 0.05) is 35.6 Å². The van der Waals surface area contributed by atoms with E-state index in [9.17, 15) is 0 Å². The first kappa shape index (κ1) is 20.0. The van der Waals surface area contributed by atoms with Gasteiger partial charge in [-0.2, -0.15) is 5.10 Å². The normalized spacial score (nSPS) is 14.4. The third kappa shape index (κ3) is 4.22. The van der Waals surface area contributed by atoms with Gasteiger partial charge < -0.3 is 9.72 Å². The third-order valence-corrected chi connectivity index (χ3v) is 6.41. The Kier molecular flexibility index (Phi) is 5.28. The molecule has 1 fully saturated rings.